The van der Waals surface area contributed by atoms with Crippen LogP contribution in [0.25, 0.3) is 0 Å². The Balaban J connectivity index is 2.80. The minimum atomic E-state index is -3.88. The molecule has 1 unspecified atom stereocenters. The summed E-state index contributed by atoms with van der Waals surface area (Å²) in [5.74, 6) is -0.402. The van der Waals surface area contributed by atoms with Gasteiger partial charge < -0.3 is 0 Å². The van der Waals surface area contributed by atoms with Gasteiger partial charge in [0.05, 0.1) is 5.75 Å². The predicted octanol–water partition coefficient (Wildman–Crippen LogP) is 1.99. The Morgan fingerprint density at radius 2 is 1.79 bits per heavy atom. The Labute approximate surface area is 84.5 Å². The highest BCUT2D eigenvalue weighted by Crippen LogP contribution is 2.17. The van der Waals surface area contributed by atoms with E-state index in [-0.39, 0.29) is 11.7 Å². The third-order valence-electron chi connectivity index (χ3n) is 2.11. The molecule has 4 heteroatoms. The fourth-order valence-electron chi connectivity index (χ4n) is 1.31. The third kappa shape index (κ3) is 3.47. The second-order valence-electron chi connectivity index (χ2n) is 3.56. The predicted molar refractivity (Wildman–Crippen MR) is 56.0 cm³/mol. The van der Waals surface area contributed by atoms with Gasteiger partial charge in [-0.3, -0.25) is 4.55 Å². The smallest absolute Gasteiger partial charge is 0.265 e. The van der Waals surface area contributed by atoms with Crippen molar-refractivity contribution in [3.63, 3.8) is 0 Å². The third-order valence-corrected chi connectivity index (χ3v) is 3.03. The summed E-state index contributed by atoms with van der Waals surface area (Å²) in [5, 5.41) is 0. The Hall–Kier alpha value is -0.870. The highest BCUT2D eigenvalue weighted by Gasteiger charge is 2.13. The Morgan fingerprint density at radius 1 is 1.29 bits per heavy atom. The summed E-state index contributed by atoms with van der Waals surface area (Å²) in [7, 11) is -3.88. The van der Waals surface area contributed by atoms with Crippen LogP contribution in [0.1, 0.15) is 24.0 Å². The van der Waals surface area contributed by atoms with E-state index in [0.717, 1.165) is 11.1 Å². The van der Waals surface area contributed by atoms with Crippen LogP contribution in [0.5, 0.6) is 0 Å². The molecule has 0 amide bonds. The maximum absolute atomic E-state index is 10.6. The van der Waals surface area contributed by atoms with Crippen molar-refractivity contribution in [2.45, 2.75) is 19.8 Å². The Bertz CT molecular complexity index is 392. The van der Waals surface area contributed by atoms with Crippen molar-refractivity contribution in [3.8, 4) is 0 Å². The van der Waals surface area contributed by atoms with Crippen LogP contribution in [-0.4, -0.2) is 18.7 Å². The fraction of sp³-hybridized carbons (Fsp3) is 0.400. The number of hydrogen-bond donors (Lipinski definition) is 1. The summed E-state index contributed by atoms with van der Waals surface area (Å²) in [6, 6.07) is 7.61. The number of hydrogen-bond acceptors (Lipinski definition) is 2. The molecule has 0 heterocycles. The molecule has 0 aliphatic heterocycles. The summed E-state index contributed by atoms with van der Waals surface area (Å²) in [5.41, 5.74) is 2.06. The van der Waals surface area contributed by atoms with E-state index in [1.54, 1.807) is 6.92 Å². The van der Waals surface area contributed by atoms with Gasteiger partial charge in [-0.25, -0.2) is 0 Å². The SMILES string of the molecule is Cc1ccc(C(C)CS(=O)(=O)O)cc1. The molecule has 14 heavy (non-hydrogen) atoms. The minimum Gasteiger partial charge on any atom is -0.286 e. The lowest BCUT2D eigenvalue weighted by Gasteiger charge is -2.09. The van der Waals surface area contributed by atoms with Crippen molar-refractivity contribution >= 4 is 10.1 Å². The first-order valence-corrected chi connectivity index (χ1v) is 6.01. The zero-order valence-corrected chi connectivity index (χ0v) is 9.08. The van der Waals surface area contributed by atoms with E-state index in [4.69, 9.17) is 4.55 Å². The molecular formula is C10H14O3S. The van der Waals surface area contributed by atoms with Crippen LogP contribution < -0.4 is 0 Å². The molecule has 1 atom stereocenters. The highest BCUT2D eigenvalue weighted by molar-refractivity contribution is 7.85. The van der Waals surface area contributed by atoms with Gasteiger partial charge in [-0.15, -0.1) is 0 Å². The van der Waals surface area contributed by atoms with Crippen molar-refractivity contribution in [1.82, 2.24) is 0 Å². The largest absolute Gasteiger partial charge is 0.286 e. The first-order chi connectivity index (χ1) is 6.38. The van der Waals surface area contributed by atoms with E-state index < -0.39 is 10.1 Å². The van der Waals surface area contributed by atoms with E-state index in [1.807, 2.05) is 31.2 Å². The molecular weight excluding hydrogens is 200 g/mol. The van der Waals surface area contributed by atoms with Gasteiger partial charge in [0.25, 0.3) is 10.1 Å². The van der Waals surface area contributed by atoms with Crippen LogP contribution in [0.3, 0.4) is 0 Å². The lowest BCUT2D eigenvalue weighted by molar-refractivity contribution is 0.479. The molecule has 0 bridgehead atoms. The average Bonchev–Trinajstić information content (AvgIpc) is 2.02. The van der Waals surface area contributed by atoms with Gasteiger partial charge in [0.1, 0.15) is 0 Å². The van der Waals surface area contributed by atoms with Crippen LogP contribution in [-0.2, 0) is 10.1 Å². The van der Waals surface area contributed by atoms with Gasteiger partial charge in [-0.1, -0.05) is 36.8 Å². The monoisotopic (exact) mass is 214 g/mol. The standard InChI is InChI=1S/C10H14O3S/c1-8-3-5-10(6-4-8)9(2)7-14(11,12)13/h3-6,9H,7H2,1-2H3,(H,11,12,13). The second-order valence-corrected chi connectivity index (χ2v) is 5.06. The molecule has 0 aliphatic carbocycles. The van der Waals surface area contributed by atoms with Gasteiger partial charge >= 0.3 is 0 Å². The van der Waals surface area contributed by atoms with Crippen LogP contribution >= 0.6 is 0 Å². The quantitative estimate of drug-likeness (QED) is 0.783. The second kappa shape index (κ2) is 4.11. The average molecular weight is 214 g/mol. The Kier molecular flexibility index (Phi) is 3.29. The number of benzene rings is 1. The molecule has 0 saturated carbocycles. The molecule has 0 aromatic heterocycles. The lowest BCUT2D eigenvalue weighted by atomic mass is 10.0. The zero-order chi connectivity index (χ0) is 10.8. The van der Waals surface area contributed by atoms with Crippen LogP contribution in [0.4, 0.5) is 0 Å². The molecule has 1 N–H and O–H groups in total. The van der Waals surface area contributed by atoms with Crippen LogP contribution in [0, 0.1) is 6.92 Å². The minimum absolute atomic E-state index is 0.175. The molecule has 3 nitrogen and oxygen atoms in total. The normalized spacial score (nSPS) is 13.9. The maximum Gasteiger partial charge on any atom is 0.265 e. The first kappa shape index (κ1) is 11.2. The van der Waals surface area contributed by atoms with E-state index >= 15 is 0 Å². The van der Waals surface area contributed by atoms with Crippen molar-refractivity contribution < 1.29 is 13.0 Å². The van der Waals surface area contributed by atoms with Crippen molar-refractivity contribution in [2.24, 2.45) is 0 Å². The van der Waals surface area contributed by atoms with Crippen molar-refractivity contribution in [1.29, 1.82) is 0 Å². The molecule has 1 aromatic rings. The lowest BCUT2D eigenvalue weighted by Crippen LogP contribution is -2.11. The number of aryl methyl sites for hydroxylation is 1. The zero-order valence-electron chi connectivity index (χ0n) is 8.27. The molecule has 0 saturated heterocycles. The fourth-order valence-corrected chi connectivity index (χ4v) is 2.13. The summed E-state index contributed by atoms with van der Waals surface area (Å²) < 4.78 is 30.0. The van der Waals surface area contributed by atoms with Gasteiger partial charge in [-0.2, -0.15) is 8.42 Å². The van der Waals surface area contributed by atoms with Crippen molar-refractivity contribution in [2.75, 3.05) is 5.75 Å². The van der Waals surface area contributed by atoms with Gasteiger partial charge in [0, 0.05) is 0 Å². The van der Waals surface area contributed by atoms with E-state index in [1.165, 1.54) is 0 Å². The molecule has 0 aliphatic rings. The molecule has 78 valence electrons. The molecule has 1 aromatic carbocycles. The summed E-state index contributed by atoms with van der Waals surface area (Å²) in [4.78, 5) is 0. The van der Waals surface area contributed by atoms with Crippen LogP contribution in [0.2, 0.25) is 0 Å². The molecule has 0 spiro atoms. The topological polar surface area (TPSA) is 54.4 Å². The molecule has 0 fully saturated rings. The van der Waals surface area contributed by atoms with E-state index in [0.29, 0.717) is 0 Å². The first-order valence-electron chi connectivity index (χ1n) is 4.40. The van der Waals surface area contributed by atoms with Crippen molar-refractivity contribution in [3.05, 3.63) is 35.4 Å². The molecule has 0 radical (unpaired) electrons. The summed E-state index contributed by atoms with van der Waals surface area (Å²) in [6.45, 7) is 3.75. The highest BCUT2D eigenvalue weighted by atomic mass is 32.2. The molecule has 1 rings (SSSR count). The maximum atomic E-state index is 10.6. The summed E-state index contributed by atoms with van der Waals surface area (Å²) >= 11 is 0. The Morgan fingerprint density at radius 3 is 2.21 bits per heavy atom. The van der Waals surface area contributed by atoms with E-state index in [2.05, 4.69) is 0 Å². The van der Waals surface area contributed by atoms with Crippen LogP contribution in [0.15, 0.2) is 24.3 Å². The van der Waals surface area contributed by atoms with Gasteiger partial charge in [0.2, 0.25) is 0 Å². The number of rotatable bonds is 3. The van der Waals surface area contributed by atoms with E-state index in [9.17, 15) is 8.42 Å². The summed E-state index contributed by atoms with van der Waals surface area (Å²) in [6.07, 6.45) is 0. The van der Waals surface area contributed by atoms with Gasteiger partial charge in [-0.05, 0) is 18.4 Å². The van der Waals surface area contributed by atoms with Gasteiger partial charge in [0.15, 0.2) is 0 Å².